The molecule has 8 nitrogen and oxygen atoms in total. The summed E-state index contributed by atoms with van der Waals surface area (Å²) in [7, 11) is 0. The predicted molar refractivity (Wildman–Crippen MR) is 161 cm³/mol. The van der Waals surface area contributed by atoms with Crippen molar-refractivity contribution in [2.75, 3.05) is 36.4 Å². The number of phenolic OH excluding ortho intramolecular Hbond substituents is 1. The molecule has 2 aromatic rings. The highest BCUT2D eigenvalue weighted by molar-refractivity contribution is 9.10. The number of nitrogens with zero attached hydrogens (tertiary/aromatic N) is 2. The van der Waals surface area contributed by atoms with Gasteiger partial charge in [0.1, 0.15) is 12.0 Å². The molecule has 8 atom stereocenters. The molecule has 41 heavy (non-hydrogen) atoms. The maximum Gasteiger partial charge on any atom is 0.201 e. The van der Waals surface area contributed by atoms with Crippen molar-refractivity contribution in [2.45, 2.75) is 81.2 Å². The highest BCUT2D eigenvalue weighted by Gasteiger charge is 2.72. The molecule has 5 heterocycles. The van der Waals surface area contributed by atoms with Crippen molar-refractivity contribution in [1.29, 1.82) is 0 Å². The van der Waals surface area contributed by atoms with E-state index < -0.39 is 22.0 Å². The number of fused-ring (bicyclic) bond motifs is 2. The number of benzene rings is 2. The molecule has 6 fully saturated rings. The second-order valence-electron chi connectivity index (χ2n) is 13.1. The van der Waals surface area contributed by atoms with Crippen molar-refractivity contribution < 1.29 is 24.4 Å². The zero-order valence-electron chi connectivity index (χ0n) is 24.2. The highest BCUT2D eigenvalue weighted by Crippen LogP contribution is 2.63. The number of nitrogens with one attached hydrogen (secondary N) is 1. The van der Waals surface area contributed by atoms with Gasteiger partial charge in [-0.15, -0.1) is 0 Å². The first kappa shape index (κ1) is 27.9. The van der Waals surface area contributed by atoms with Crippen LogP contribution in [0.2, 0.25) is 0 Å². The van der Waals surface area contributed by atoms with Crippen molar-refractivity contribution in [3.8, 4) is 5.75 Å². The van der Waals surface area contributed by atoms with Crippen LogP contribution in [0, 0.1) is 17.8 Å². The zero-order valence-corrected chi connectivity index (χ0v) is 25.8. The Bertz CT molecular complexity index is 1260. The van der Waals surface area contributed by atoms with Crippen molar-refractivity contribution in [3.05, 3.63) is 54.1 Å². The fraction of sp³-hybridized carbons (Fsp3) is 0.625. The summed E-state index contributed by atoms with van der Waals surface area (Å²) in [5.41, 5.74) is 2.44. The summed E-state index contributed by atoms with van der Waals surface area (Å²) in [4.78, 5) is 17.1. The minimum absolute atomic E-state index is 0.132. The fourth-order valence-electron chi connectivity index (χ4n) is 8.05. The molecule has 1 unspecified atom stereocenters. The number of phenols is 1. The molecule has 6 aliphatic rings. The Morgan fingerprint density at radius 1 is 1.00 bits per heavy atom. The monoisotopic (exact) mass is 627 g/mol. The van der Waals surface area contributed by atoms with Gasteiger partial charge in [-0.2, -0.15) is 0 Å². The molecule has 1 saturated carbocycles. The Morgan fingerprint density at radius 3 is 2.56 bits per heavy atom. The number of hydrogen-bond acceptors (Lipinski definition) is 8. The van der Waals surface area contributed by atoms with Gasteiger partial charge < -0.3 is 24.8 Å². The summed E-state index contributed by atoms with van der Waals surface area (Å²) in [6, 6.07) is 16.3. The summed E-state index contributed by atoms with van der Waals surface area (Å²) in [6.07, 6.45) is 3.03. The number of ether oxygens (including phenoxy) is 2. The normalized spacial score (nSPS) is 40.6. The Balaban J connectivity index is 1.08. The fourth-order valence-corrected chi connectivity index (χ4v) is 8.86. The Kier molecular flexibility index (Phi) is 7.07. The molecule has 222 valence electrons. The lowest BCUT2D eigenvalue weighted by Gasteiger charge is -2.62. The van der Waals surface area contributed by atoms with Crippen LogP contribution in [0.15, 0.2) is 48.5 Å². The first-order chi connectivity index (χ1) is 19.7. The summed E-state index contributed by atoms with van der Waals surface area (Å²) in [5, 5.41) is 14.4. The molecule has 0 radical (unpaired) electrons. The largest absolute Gasteiger partial charge is 0.508 e. The molecule has 2 bridgehead atoms. The van der Waals surface area contributed by atoms with Crippen molar-refractivity contribution in [2.24, 2.45) is 17.8 Å². The molecule has 2 N–H and O–H groups in total. The number of rotatable bonds is 5. The van der Waals surface area contributed by atoms with Crippen LogP contribution in [0.25, 0.3) is 0 Å². The molecule has 2 aromatic carbocycles. The molecule has 8 rings (SSSR count). The molecule has 0 aromatic heterocycles. The van der Waals surface area contributed by atoms with Gasteiger partial charge in [-0.25, -0.2) is 9.78 Å². The first-order valence-electron chi connectivity index (χ1n) is 15.2. The van der Waals surface area contributed by atoms with E-state index in [-0.39, 0.29) is 12.1 Å². The minimum atomic E-state index is -0.807. The van der Waals surface area contributed by atoms with Gasteiger partial charge in [0.15, 0.2) is 11.9 Å². The smallest absolute Gasteiger partial charge is 0.201 e. The van der Waals surface area contributed by atoms with Gasteiger partial charge in [0.25, 0.3) is 0 Å². The zero-order chi connectivity index (χ0) is 28.4. The number of para-hydroxylation sites is 1. The van der Waals surface area contributed by atoms with Crippen LogP contribution in [0.5, 0.6) is 5.75 Å². The van der Waals surface area contributed by atoms with Gasteiger partial charge in [0, 0.05) is 62.0 Å². The number of piperazine rings is 1. The average Bonchev–Trinajstić information content (AvgIpc) is 3.20. The van der Waals surface area contributed by atoms with Gasteiger partial charge >= 0.3 is 0 Å². The molecule has 5 aliphatic heterocycles. The predicted octanol–water partition coefficient (Wildman–Crippen LogP) is 5.85. The lowest BCUT2D eigenvalue weighted by molar-refractivity contribution is -0.568. The van der Waals surface area contributed by atoms with E-state index in [0.717, 1.165) is 63.1 Å². The summed E-state index contributed by atoms with van der Waals surface area (Å²) in [6.45, 7) is 11.0. The average molecular weight is 629 g/mol. The first-order valence-corrected chi connectivity index (χ1v) is 16.0. The molecule has 0 amide bonds. The van der Waals surface area contributed by atoms with Crippen molar-refractivity contribution >= 4 is 27.3 Å². The molecule has 1 aliphatic carbocycles. The van der Waals surface area contributed by atoms with Crippen LogP contribution in [0.1, 0.15) is 52.0 Å². The summed E-state index contributed by atoms with van der Waals surface area (Å²) >= 11 is 4.12. The number of halogens is 1. The molecule has 9 heteroatoms. The van der Waals surface area contributed by atoms with Crippen molar-refractivity contribution in [3.63, 3.8) is 0 Å². The van der Waals surface area contributed by atoms with E-state index in [0.29, 0.717) is 24.1 Å². The van der Waals surface area contributed by atoms with Crippen LogP contribution in [0.4, 0.5) is 11.4 Å². The molecule has 1 spiro atoms. The summed E-state index contributed by atoms with van der Waals surface area (Å²) < 4.78 is 12.9. The highest BCUT2D eigenvalue weighted by atomic mass is 79.9. The van der Waals surface area contributed by atoms with Crippen LogP contribution in [0.3, 0.4) is 0 Å². The van der Waals surface area contributed by atoms with Crippen LogP contribution in [-0.4, -0.2) is 64.4 Å². The van der Waals surface area contributed by atoms with Crippen LogP contribution < -0.4 is 10.2 Å². The van der Waals surface area contributed by atoms with Gasteiger partial charge in [-0.1, -0.05) is 41.1 Å². The van der Waals surface area contributed by atoms with Crippen molar-refractivity contribution in [1.82, 2.24) is 4.90 Å². The van der Waals surface area contributed by atoms with E-state index in [9.17, 15) is 5.11 Å². The lowest BCUT2D eigenvalue weighted by Crippen LogP contribution is -2.74. The van der Waals surface area contributed by atoms with E-state index in [2.05, 4.69) is 81.3 Å². The number of alkyl halides is 1. The van der Waals surface area contributed by atoms with Gasteiger partial charge in [0.05, 0.1) is 4.32 Å². The van der Waals surface area contributed by atoms with E-state index in [4.69, 9.17) is 19.2 Å². The number of aromatic hydroxyl groups is 1. The molecule has 5 saturated heterocycles. The molecular formula is C32H42BrN3O5. The topological polar surface area (TPSA) is 75.7 Å². The third kappa shape index (κ3) is 4.77. The Labute approximate surface area is 251 Å². The quantitative estimate of drug-likeness (QED) is 0.243. The SMILES string of the molecule is C[C@@H]1CC[C@@H]2[C@]34OO[C@](C)(CC[C@@H]13)O[C@H]4OC(Nc1ccc(O)c(CN3CCN(c4ccccc4)CC3)c1)[C@@]2(C)Br. The maximum atomic E-state index is 10.8. The van der Waals surface area contributed by atoms with Gasteiger partial charge in [-0.3, -0.25) is 4.90 Å². The molecular weight excluding hydrogens is 586 g/mol. The Hall–Kier alpha value is -1.88. The lowest BCUT2D eigenvalue weighted by atomic mass is 9.58. The summed E-state index contributed by atoms with van der Waals surface area (Å²) in [5.74, 6) is 0.451. The third-order valence-corrected chi connectivity index (χ3v) is 11.4. The maximum absolute atomic E-state index is 10.8. The minimum Gasteiger partial charge on any atom is -0.508 e. The second-order valence-corrected chi connectivity index (χ2v) is 14.8. The Morgan fingerprint density at radius 2 is 1.78 bits per heavy atom. The van der Waals surface area contributed by atoms with E-state index in [1.54, 1.807) is 6.07 Å². The second kappa shape index (κ2) is 10.4. The van der Waals surface area contributed by atoms with E-state index in [1.165, 1.54) is 5.69 Å². The van der Waals surface area contributed by atoms with Gasteiger partial charge in [0.2, 0.25) is 5.79 Å². The number of hydrogen-bond donors (Lipinski definition) is 2. The van der Waals surface area contributed by atoms with Crippen LogP contribution >= 0.6 is 15.9 Å². The number of anilines is 2. The van der Waals surface area contributed by atoms with Gasteiger partial charge in [-0.05, 0) is 75.3 Å². The van der Waals surface area contributed by atoms with E-state index >= 15 is 0 Å². The third-order valence-electron chi connectivity index (χ3n) is 10.4. The van der Waals surface area contributed by atoms with E-state index in [1.807, 2.05) is 13.0 Å². The van der Waals surface area contributed by atoms with Crippen LogP contribution in [-0.2, 0) is 25.8 Å². The standard InChI is InChI=1S/C32H42BrN3O5/c1-21-9-12-27-31(3,33)28(38-29-32(27)25(21)13-14-30(2,39-29)40-41-32)34-23-10-11-26(37)22(19-23)20-35-15-17-36(18-16-35)24-7-5-4-6-8-24/h4-8,10-11,19,21,25,27-29,34,37H,9,12-18,20H2,1-3H3/t21-,25+,27+,28?,29-,30-,31+,32-/m1/s1.